The van der Waals surface area contributed by atoms with Crippen LogP contribution in [0.25, 0.3) is 10.8 Å². The molecule has 2 rings (SSSR count). The zero-order chi connectivity index (χ0) is 10.1. The van der Waals surface area contributed by atoms with Gasteiger partial charge >= 0.3 is 0 Å². The van der Waals surface area contributed by atoms with Crippen molar-refractivity contribution in [2.45, 2.75) is 13.0 Å². The molecule has 0 fully saturated rings. The summed E-state index contributed by atoms with van der Waals surface area (Å²) in [4.78, 5) is 0. The van der Waals surface area contributed by atoms with E-state index < -0.39 is 0 Å². The van der Waals surface area contributed by atoms with Crippen molar-refractivity contribution in [2.75, 3.05) is 5.73 Å². The van der Waals surface area contributed by atoms with Gasteiger partial charge in [0.05, 0.1) is 0 Å². The molecule has 0 spiro atoms. The second kappa shape index (κ2) is 3.31. The van der Waals surface area contributed by atoms with E-state index in [1.54, 1.807) is 0 Å². The summed E-state index contributed by atoms with van der Waals surface area (Å²) in [7, 11) is 0. The van der Waals surface area contributed by atoms with Gasteiger partial charge in [0.15, 0.2) is 0 Å². The van der Waals surface area contributed by atoms with Crippen LogP contribution < -0.4 is 11.5 Å². The van der Waals surface area contributed by atoms with Crippen LogP contribution in [0.3, 0.4) is 0 Å². The number of nitrogens with two attached hydrogens (primary N) is 2. The first kappa shape index (κ1) is 9.03. The van der Waals surface area contributed by atoms with E-state index in [-0.39, 0.29) is 6.04 Å². The van der Waals surface area contributed by atoms with Crippen molar-refractivity contribution < 1.29 is 0 Å². The molecule has 2 aromatic carbocycles. The maximum atomic E-state index is 5.89. The van der Waals surface area contributed by atoms with Crippen LogP contribution in [0.15, 0.2) is 36.4 Å². The van der Waals surface area contributed by atoms with Crippen molar-refractivity contribution in [1.82, 2.24) is 0 Å². The summed E-state index contributed by atoms with van der Waals surface area (Å²) in [5, 5.41) is 2.24. The van der Waals surface area contributed by atoms with Crippen LogP contribution in [0.5, 0.6) is 0 Å². The highest BCUT2D eigenvalue weighted by atomic mass is 14.6. The van der Waals surface area contributed by atoms with Gasteiger partial charge in [-0.2, -0.15) is 0 Å². The normalized spacial score (nSPS) is 13.0. The van der Waals surface area contributed by atoms with Crippen LogP contribution in [-0.2, 0) is 0 Å². The molecule has 0 unspecified atom stereocenters. The fraction of sp³-hybridized carbons (Fsp3) is 0.167. The van der Waals surface area contributed by atoms with E-state index in [0.29, 0.717) is 0 Å². The smallest absolute Gasteiger partial charge is 0.0393 e. The van der Waals surface area contributed by atoms with E-state index in [2.05, 4.69) is 6.07 Å². The van der Waals surface area contributed by atoms with Gasteiger partial charge < -0.3 is 11.5 Å². The Hall–Kier alpha value is -1.54. The van der Waals surface area contributed by atoms with Crippen molar-refractivity contribution >= 4 is 16.5 Å². The van der Waals surface area contributed by atoms with Gasteiger partial charge in [-0.3, -0.25) is 0 Å². The number of anilines is 1. The molecule has 0 bridgehead atoms. The second-order valence-electron chi connectivity index (χ2n) is 3.58. The lowest BCUT2D eigenvalue weighted by Gasteiger charge is -2.11. The molecular formula is C12H14N2. The van der Waals surface area contributed by atoms with E-state index >= 15 is 0 Å². The van der Waals surface area contributed by atoms with Crippen molar-refractivity contribution in [2.24, 2.45) is 5.73 Å². The Morgan fingerprint density at radius 3 is 2.29 bits per heavy atom. The summed E-state index contributed by atoms with van der Waals surface area (Å²) in [6.45, 7) is 1.98. The molecule has 0 heterocycles. The number of hydrogen-bond donors (Lipinski definition) is 2. The lowest BCUT2D eigenvalue weighted by Crippen LogP contribution is -2.05. The number of nitrogen functional groups attached to an aromatic ring is 1. The molecule has 0 aliphatic rings. The number of rotatable bonds is 1. The molecule has 4 N–H and O–H groups in total. The van der Waals surface area contributed by atoms with E-state index in [0.717, 1.165) is 22.0 Å². The Morgan fingerprint density at radius 1 is 1.00 bits per heavy atom. The molecule has 14 heavy (non-hydrogen) atoms. The van der Waals surface area contributed by atoms with Gasteiger partial charge in [-0.25, -0.2) is 0 Å². The highest BCUT2D eigenvalue weighted by molar-refractivity contribution is 5.95. The van der Waals surface area contributed by atoms with Crippen LogP contribution in [0, 0.1) is 0 Å². The Kier molecular flexibility index (Phi) is 2.14. The first-order valence-electron chi connectivity index (χ1n) is 4.73. The third-order valence-electron chi connectivity index (χ3n) is 2.48. The van der Waals surface area contributed by atoms with Crippen LogP contribution in [0.2, 0.25) is 0 Å². The maximum absolute atomic E-state index is 5.89. The minimum Gasteiger partial charge on any atom is -0.398 e. The molecule has 1 atom stereocenters. The van der Waals surface area contributed by atoms with E-state index in [1.165, 1.54) is 0 Å². The first-order valence-corrected chi connectivity index (χ1v) is 4.73. The molecule has 2 aromatic rings. The highest BCUT2D eigenvalue weighted by Gasteiger charge is 2.06. The Labute approximate surface area is 83.5 Å². The third kappa shape index (κ3) is 1.34. The van der Waals surface area contributed by atoms with E-state index in [4.69, 9.17) is 11.5 Å². The maximum Gasteiger partial charge on any atom is 0.0393 e. The molecule has 0 aliphatic heterocycles. The average Bonchev–Trinajstić information content (AvgIpc) is 2.18. The lowest BCUT2D eigenvalue weighted by atomic mass is 9.99. The summed E-state index contributed by atoms with van der Waals surface area (Å²) < 4.78 is 0. The molecule has 2 heteroatoms. The summed E-state index contributed by atoms with van der Waals surface area (Å²) >= 11 is 0. The van der Waals surface area contributed by atoms with Crippen molar-refractivity contribution in [3.63, 3.8) is 0 Å². The van der Waals surface area contributed by atoms with E-state index in [1.807, 2.05) is 37.3 Å². The molecule has 0 amide bonds. The minimum absolute atomic E-state index is 0.0421. The zero-order valence-corrected chi connectivity index (χ0v) is 8.20. The quantitative estimate of drug-likeness (QED) is 0.672. The SMILES string of the molecule is C[C@@H](N)c1ccc(N)c2ccccc12. The van der Waals surface area contributed by atoms with Crippen molar-refractivity contribution in [3.05, 3.63) is 42.0 Å². The van der Waals surface area contributed by atoms with Gasteiger partial charge in [0, 0.05) is 17.1 Å². The summed E-state index contributed by atoms with van der Waals surface area (Å²) in [5.41, 5.74) is 13.7. The number of fused-ring (bicyclic) bond motifs is 1. The number of benzene rings is 2. The monoisotopic (exact) mass is 186 g/mol. The Morgan fingerprint density at radius 2 is 1.64 bits per heavy atom. The van der Waals surface area contributed by atoms with Gasteiger partial charge in [-0.1, -0.05) is 30.3 Å². The first-order chi connectivity index (χ1) is 6.70. The van der Waals surface area contributed by atoms with Crippen molar-refractivity contribution in [3.8, 4) is 0 Å². The van der Waals surface area contributed by atoms with Gasteiger partial charge in [0.2, 0.25) is 0 Å². The average molecular weight is 186 g/mol. The third-order valence-corrected chi connectivity index (χ3v) is 2.48. The largest absolute Gasteiger partial charge is 0.398 e. The molecule has 0 radical (unpaired) electrons. The fourth-order valence-electron chi connectivity index (χ4n) is 1.74. The highest BCUT2D eigenvalue weighted by Crippen LogP contribution is 2.27. The van der Waals surface area contributed by atoms with Crippen LogP contribution >= 0.6 is 0 Å². The Bertz CT molecular complexity index is 461. The molecule has 72 valence electrons. The topological polar surface area (TPSA) is 52.0 Å². The second-order valence-corrected chi connectivity index (χ2v) is 3.58. The van der Waals surface area contributed by atoms with Gasteiger partial charge in [-0.05, 0) is 23.9 Å². The van der Waals surface area contributed by atoms with Gasteiger partial charge in [0.1, 0.15) is 0 Å². The van der Waals surface area contributed by atoms with Crippen LogP contribution in [0.1, 0.15) is 18.5 Å². The number of hydrogen-bond acceptors (Lipinski definition) is 2. The Balaban J connectivity index is 2.82. The van der Waals surface area contributed by atoms with Crippen molar-refractivity contribution in [1.29, 1.82) is 0 Å². The molecule has 0 aliphatic carbocycles. The van der Waals surface area contributed by atoms with E-state index in [9.17, 15) is 0 Å². The zero-order valence-electron chi connectivity index (χ0n) is 8.20. The van der Waals surface area contributed by atoms with Gasteiger partial charge in [0.25, 0.3) is 0 Å². The molecule has 0 saturated carbocycles. The standard InChI is InChI=1S/C12H14N2/c1-8(13)9-6-7-12(14)11-5-3-2-4-10(9)11/h2-8H,13-14H2,1H3/t8-/m1/s1. The predicted octanol–water partition coefficient (Wildman–Crippen LogP) is 2.44. The van der Waals surface area contributed by atoms with Gasteiger partial charge in [-0.15, -0.1) is 0 Å². The lowest BCUT2D eigenvalue weighted by molar-refractivity contribution is 0.827. The fourth-order valence-corrected chi connectivity index (χ4v) is 1.74. The summed E-state index contributed by atoms with van der Waals surface area (Å²) in [6, 6.07) is 12.0. The summed E-state index contributed by atoms with van der Waals surface area (Å²) in [5.74, 6) is 0. The van der Waals surface area contributed by atoms with Crippen LogP contribution in [0.4, 0.5) is 5.69 Å². The molecular weight excluding hydrogens is 172 g/mol. The predicted molar refractivity (Wildman–Crippen MR) is 61.0 cm³/mol. The molecule has 0 saturated heterocycles. The molecule has 2 nitrogen and oxygen atoms in total. The molecule has 0 aromatic heterocycles. The summed E-state index contributed by atoms with van der Waals surface area (Å²) in [6.07, 6.45) is 0. The minimum atomic E-state index is 0.0421. The van der Waals surface area contributed by atoms with Crippen LogP contribution in [-0.4, -0.2) is 0 Å².